The van der Waals surface area contributed by atoms with E-state index in [4.69, 9.17) is 27.7 Å². The van der Waals surface area contributed by atoms with Crippen LogP contribution in [0.2, 0.25) is 0 Å². The van der Waals surface area contributed by atoms with Gasteiger partial charge in [0.05, 0.1) is 12.3 Å². The van der Waals surface area contributed by atoms with Gasteiger partial charge in [0.15, 0.2) is 5.96 Å². The first-order chi connectivity index (χ1) is 14.8. The minimum atomic E-state index is -0.842. The van der Waals surface area contributed by atoms with E-state index in [0.717, 1.165) is 5.56 Å². The lowest BCUT2D eigenvalue weighted by atomic mass is 10.1. The van der Waals surface area contributed by atoms with Crippen molar-refractivity contribution in [2.75, 3.05) is 18.9 Å². The summed E-state index contributed by atoms with van der Waals surface area (Å²) in [5.74, 6) is -0.711. The maximum Gasteiger partial charge on any atom is 0.252 e. The number of nitrogen functional groups attached to an aromatic ring is 1. The highest BCUT2D eigenvalue weighted by Gasteiger charge is 2.19. The number of guanidine groups is 1. The molecule has 2 aromatic rings. The summed E-state index contributed by atoms with van der Waals surface area (Å²) in [7, 11) is 0. The van der Waals surface area contributed by atoms with Crippen LogP contribution < -0.4 is 33.0 Å². The van der Waals surface area contributed by atoms with E-state index in [1.54, 1.807) is 18.2 Å². The first-order valence-corrected chi connectivity index (χ1v) is 9.99. The van der Waals surface area contributed by atoms with Crippen molar-refractivity contribution in [3.05, 3.63) is 59.2 Å². The Bertz CT molecular complexity index is 923. The predicted octanol–water partition coefficient (Wildman–Crippen LogP) is 0.836. The van der Waals surface area contributed by atoms with Gasteiger partial charge in [-0.15, -0.1) is 0 Å². The standard InChI is InChI=1S/C22H30N6O3/c1-14-4-6-15(7-5-14)10-12-31-19-13-16(8-9-17(19)23)21(30)28-18(20(24)29)3-2-11-27-22(25)26/h4-9,13,18H,2-3,10-12,23H2,1H3,(H2,24,29)(H,28,30)(H4,25,26,27)/t18-/m0/s1. The third kappa shape index (κ3) is 7.88. The number of benzene rings is 2. The molecule has 0 aliphatic rings. The molecule has 2 rings (SSSR count). The van der Waals surface area contributed by atoms with E-state index < -0.39 is 17.9 Å². The molecule has 166 valence electrons. The molecule has 0 aromatic heterocycles. The molecule has 9 heteroatoms. The first kappa shape index (κ1) is 23.5. The Labute approximate surface area is 181 Å². The number of amides is 2. The normalized spacial score (nSPS) is 11.4. The summed E-state index contributed by atoms with van der Waals surface area (Å²) in [6, 6.07) is 12.0. The topological polar surface area (TPSA) is 172 Å². The number of carbonyl (C=O) groups is 2. The fourth-order valence-corrected chi connectivity index (χ4v) is 2.86. The molecule has 9 N–H and O–H groups in total. The smallest absolute Gasteiger partial charge is 0.252 e. The molecule has 0 saturated heterocycles. The number of primary amides is 1. The van der Waals surface area contributed by atoms with Crippen molar-refractivity contribution < 1.29 is 14.3 Å². The molecule has 2 amide bonds. The molecular formula is C22H30N6O3. The second kappa shape index (κ2) is 11.4. The van der Waals surface area contributed by atoms with E-state index in [-0.39, 0.29) is 5.96 Å². The highest BCUT2D eigenvalue weighted by Crippen LogP contribution is 2.23. The minimum absolute atomic E-state index is 0.0311. The van der Waals surface area contributed by atoms with Gasteiger partial charge < -0.3 is 33.0 Å². The van der Waals surface area contributed by atoms with Crippen LogP contribution in [0.25, 0.3) is 0 Å². The predicted molar refractivity (Wildman–Crippen MR) is 122 cm³/mol. The van der Waals surface area contributed by atoms with Crippen LogP contribution in [0, 0.1) is 6.92 Å². The summed E-state index contributed by atoms with van der Waals surface area (Å²) in [4.78, 5) is 28.1. The lowest BCUT2D eigenvalue weighted by Crippen LogP contribution is -2.44. The Hall–Kier alpha value is -3.75. The van der Waals surface area contributed by atoms with Gasteiger partial charge >= 0.3 is 0 Å². The van der Waals surface area contributed by atoms with Crippen LogP contribution in [-0.2, 0) is 11.2 Å². The fraction of sp³-hybridized carbons (Fsp3) is 0.318. The summed E-state index contributed by atoms with van der Waals surface area (Å²) in [6.07, 6.45) is 1.50. The van der Waals surface area contributed by atoms with Crippen LogP contribution in [-0.4, -0.2) is 37.0 Å². The van der Waals surface area contributed by atoms with E-state index in [0.29, 0.717) is 49.4 Å². The highest BCUT2D eigenvalue weighted by atomic mass is 16.5. The molecule has 9 nitrogen and oxygen atoms in total. The SMILES string of the molecule is Cc1ccc(CCOc2cc(C(=O)N[C@@H](CCCN=C(N)N)C(N)=O)ccc2N)cc1. The summed E-state index contributed by atoms with van der Waals surface area (Å²) in [5.41, 5.74) is 25.0. The number of aliphatic imine (C=N–C) groups is 1. The number of hydrogen-bond donors (Lipinski definition) is 5. The molecule has 0 unspecified atom stereocenters. The zero-order valence-electron chi connectivity index (χ0n) is 17.6. The Morgan fingerprint density at radius 1 is 1.10 bits per heavy atom. The number of ether oxygens (including phenoxy) is 1. The van der Waals surface area contributed by atoms with E-state index in [1.807, 2.05) is 31.2 Å². The van der Waals surface area contributed by atoms with Crippen molar-refractivity contribution in [1.82, 2.24) is 5.32 Å². The molecule has 2 aromatic carbocycles. The Kier molecular flexibility index (Phi) is 8.68. The monoisotopic (exact) mass is 426 g/mol. The van der Waals surface area contributed by atoms with Crippen LogP contribution in [0.1, 0.15) is 34.3 Å². The molecule has 0 heterocycles. The maximum absolute atomic E-state index is 12.6. The molecule has 0 fully saturated rings. The van der Waals surface area contributed by atoms with Crippen molar-refractivity contribution in [3.8, 4) is 5.75 Å². The van der Waals surface area contributed by atoms with Crippen molar-refractivity contribution in [3.63, 3.8) is 0 Å². The second-order valence-corrected chi connectivity index (χ2v) is 7.21. The maximum atomic E-state index is 12.6. The lowest BCUT2D eigenvalue weighted by molar-refractivity contribution is -0.120. The molecule has 0 saturated carbocycles. The van der Waals surface area contributed by atoms with Gasteiger partial charge in [-0.1, -0.05) is 29.8 Å². The average molecular weight is 427 g/mol. The molecule has 0 spiro atoms. The molecule has 31 heavy (non-hydrogen) atoms. The third-order valence-electron chi connectivity index (χ3n) is 4.64. The van der Waals surface area contributed by atoms with Gasteiger partial charge in [0, 0.05) is 18.5 Å². The fourth-order valence-electron chi connectivity index (χ4n) is 2.86. The van der Waals surface area contributed by atoms with Gasteiger partial charge in [-0.05, 0) is 43.5 Å². The number of anilines is 1. The summed E-state index contributed by atoms with van der Waals surface area (Å²) in [6.45, 7) is 2.78. The highest BCUT2D eigenvalue weighted by molar-refractivity contribution is 5.98. The number of nitrogens with one attached hydrogen (secondary N) is 1. The molecule has 1 atom stereocenters. The minimum Gasteiger partial charge on any atom is -0.491 e. The van der Waals surface area contributed by atoms with Crippen LogP contribution in [0.4, 0.5) is 5.69 Å². The second-order valence-electron chi connectivity index (χ2n) is 7.21. The van der Waals surface area contributed by atoms with E-state index in [1.165, 1.54) is 5.56 Å². The van der Waals surface area contributed by atoms with Crippen LogP contribution in [0.15, 0.2) is 47.5 Å². The van der Waals surface area contributed by atoms with Crippen LogP contribution in [0.3, 0.4) is 0 Å². The zero-order chi connectivity index (χ0) is 22.8. The summed E-state index contributed by atoms with van der Waals surface area (Å²) < 4.78 is 5.78. The van der Waals surface area contributed by atoms with Gasteiger partial charge in [-0.3, -0.25) is 14.6 Å². The van der Waals surface area contributed by atoms with E-state index >= 15 is 0 Å². The lowest BCUT2D eigenvalue weighted by Gasteiger charge is -2.16. The van der Waals surface area contributed by atoms with Crippen LogP contribution >= 0.6 is 0 Å². The van der Waals surface area contributed by atoms with Gasteiger partial charge in [-0.2, -0.15) is 0 Å². The first-order valence-electron chi connectivity index (χ1n) is 9.99. The number of nitrogens with two attached hydrogens (primary N) is 4. The van der Waals surface area contributed by atoms with Gasteiger partial charge in [0.2, 0.25) is 5.91 Å². The number of carbonyl (C=O) groups excluding carboxylic acids is 2. The van der Waals surface area contributed by atoms with E-state index in [9.17, 15) is 9.59 Å². The van der Waals surface area contributed by atoms with Gasteiger partial charge in [0.25, 0.3) is 5.91 Å². The van der Waals surface area contributed by atoms with Crippen molar-refractivity contribution >= 4 is 23.5 Å². The van der Waals surface area contributed by atoms with Crippen molar-refractivity contribution in [2.24, 2.45) is 22.2 Å². The molecule has 0 aliphatic heterocycles. The number of hydrogen-bond acceptors (Lipinski definition) is 5. The van der Waals surface area contributed by atoms with Crippen LogP contribution in [0.5, 0.6) is 5.75 Å². The number of rotatable bonds is 11. The quantitative estimate of drug-likeness (QED) is 0.154. The number of aryl methyl sites for hydroxylation is 1. The van der Waals surface area contributed by atoms with Gasteiger partial charge in [-0.25, -0.2) is 0 Å². The molecule has 0 bridgehead atoms. The van der Waals surface area contributed by atoms with Crippen molar-refractivity contribution in [1.29, 1.82) is 0 Å². The Balaban J connectivity index is 1.96. The van der Waals surface area contributed by atoms with Crippen molar-refractivity contribution in [2.45, 2.75) is 32.2 Å². The molecule has 0 radical (unpaired) electrons. The van der Waals surface area contributed by atoms with Gasteiger partial charge in [0.1, 0.15) is 11.8 Å². The third-order valence-corrected chi connectivity index (χ3v) is 4.64. The Morgan fingerprint density at radius 2 is 1.81 bits per heavy atom. The van der Waals surface area contributed by atoms with E-state index in [2.05, 4.69) is 10.3 Å². The summed E-state index contributed by atoms with van der Waals surface area (Å²) in [5, 5.41) is 2.63. The zero-order valence-corrected chi connectivity index (χ0v) is 17.6. The summed E-state index contributed by atoms with van der Waals surface area (Å²) >= 11 is 0. The Morgan fingerprint density at radius 3 is 2.45 bits per heavy atom. The molecule has 0 aliphatic carbocycles. The number of nitrogens with zero attached hydrogens (tertiary/aromatic N) is 1. The average Bonchev–Trinajstić information content (AvgIpc) is 2.72. The molecular weight excluding hydrogens is 396 g/mol. The largest absolute Gasteiger partial charge is 0.491 e.